The summed E-state index contributed by atoms with van der Waals surface area (Å²) in [5.41, 5.74) is 0.746. The van der Waals surface area contributed by atoms with Crippen LogP contribution in [0.25, 0.3) is 0 Å². The van der Waals surface area contributed by atoms with Crippen molar-refractivity contribution in [2.24, 2.45) is 0 Å². The predicted octanol–water partition coefficient (Wildman–Crippen LogP) is -0.693. The van der Waals surface area contributed by atoms with E-state index in [2.05, 4.69) is 17.2 Å². The summed E-state index contributed by atoms with van der Waals surface area (Å²) in [6, 6.07) is -1.92. The first-order valence-electron chi connectivity index (χ1n) is 3.99. The molecule has 0 spiro atoms. The average Bonchev–Trinajstić information content (AvgIpc) is 2.10. The van der Waals surface area contributed by atoms with Crippen molar-refractivity contribution in [3.63, 3.8) is 0 Å². The summed E-state index contributed by atoms with van der Waals surface area (Å²) in [5, 5.41) is 21.5. The van der Waals surface area contributed by atoms with Crippen LogP contribution in [-0.4, -0.2) is 41.4 Å². The Bertz CT molecular complexity index is 239. The highest BCUT2D eigenvalue weighted by atomic mass is 16.4. The van der Waals surface area contributed by atoms with Crippen LogP contribution in [0.3, 0.4) is 0 Å². The lowest BCUT2D eigenvalue weighted by molar-refractivity contribution is -0.140. The second-order valence-electron chi connectivity index (χ2n) is 2.86. The second kappa shape index (κ2) is 5.98. The molecular weight excluding hydrogens is 188 g/mol. The molecule has 0 aliphatic heterocycles. The van der Waals surface area contributed by atoms with Crippen LogP contribution in [0, 0.1) is 0 Å². The maximum absolute atomic E-state index is 11.0. The van der Waals surface area contributed by atoms with Crippen molar-refractivity contribution in [3.8, 4) is 0 Å². The number of nitrogens with one attached hydrogen (secondary N) is 2. The molecule has 0 aromatic carbocycles. The zero-order valence-electron chi connectivity index (χ0n) is 7.91. The molecule has 6 heteroatoms. The summed E-state index contributed by atoms with van der Waals surface area (Å²) in [6.45, 7) is 4.90. The maximum Gasteiger partial charge on any atom is 0.328 e. The van der Waals surface area contributed by atoms with E-state index in [1.165, 1.54) is 0 Å². The van der Waals surface area contributed by atoms with Gasteiger partial charge in [-0.1, -0.05) is 12.2 Å². The molecule has 0 bridgehead atoms. The maximum atomic E-state index is 11.0. The average molecular weight is 202 g/mol. The van der Waals surface area contributed by atoms with Gasteiger partial charge in [0.1, 0.15) is 0 Å². The van der Waals surface area contributed by atoms with Gasteiger partial charge in [0.05, 0.1) is 6.61 Å². The molecule has 80 valence electrons. The molecule has 6 nitrogen and oxygen atoms in total. The van der Waals surface area contributed by atoms with Gasteiger partial charge in [0.25, 0.3) is 0 Å². The van der Waals surface area contributed by atoms with Crippen molar-refractivity contribution in [2.45, 2.75) is 13.0 Å². The number of urea groups is 1. The van der Waals surface area contributed by atoms with Crippen molar-refractivity contribution in [1.82, 2.24) is 10.6 Å². The number of rotatable bonds is 5. The molecule has 0 heterocycles. The normalized spacial score (nSPS) is 11.6. The Kier molecular flexibility index (Phi) is 5.31. The van der Waals surface area contributed by atoms with E-state index in [1.807, 2.05) is 0 Å². The first kappa shape index (κ1) is 12.4. The molecule has 0 saturated heterocycles. The number of carboxylic acid groups (broad SMARTS) is 1. The number of aliphatic hydroxyl groups excluding tert-OH is 1. The van der Waals surface area contributed by atoms with Crippen molar-refractivity contribution in [1.29, 1.82) is 0 Å². The van der Waals surface area contributed by atoms with Gasteiger partial charge >= 0.3 is 12.0 Å². The highest BCUT2D eigenvalue weighted by Gasteiger charge is 2.17. The first-order valence-corrected chi connectivity index (χ1v) is 3.99. The molecule has 0 radical (unpaired) electrons. The topological polar surface area (TPSA) is 98.7 Å². The molecule has 0 aromatic heterocycles. The molecule has 0 fully saturated rings. The number of amides is 2. The van der Waals surface area contributed by atoms with Gasteiger partial charge in [-0.3, -0.25) is 0 Å². The third-order valence-electron chi connectivity index (χ3n) is 1.34. The molecule has 0 aromatic rings. The fourth-order valence-electron chi connectivity index (χ4n) is 0.626. The van der Waals surface area contributed by atoms with E-state index < -0.39 is 24.6 Å². The Morgan fingerprint density at radius 3 is 2.43 bits per heavy atom. The second-order valence-corrected chi connectivity index (χ2v) is 2.86. The Morgan fingerprint density at radius 2 is 2.07 bits per heavy atom. The van der Waals surface area contributed by atoms with E-state index in [1.54, 1.807) is 6.92 Å². The van der Waals surface area contributed by atoms with Gasteiger partial charge < -0.3 is 20.8 Å². The summed E-state index contributed by atoms with van der Waals surface area (Å²) in [7, 11) is 0. The minimum absolute atomic E-state index is 0.267. The Balaban J connectivity index is 3.91. The Hall–Kier alpha value is -1.56. The number of hydrogen-bond acceptors (Lipinski definition) is 3. The minimum atomic E-state index is -1.28. The molecule has 14 heavy (non-hydrogen) atoms. The Morgan fingerprint density at radius 1 is 1.50 bits per heavy atom. The van der Waals surface area contributed by atoms with Crippen molar-refractivity contribution < 1.29 is 19.8 Å². The van der Waals surface area contributed by atoms with Gasteiger partial charge in [-0.05, 0) is 6.92 Å². The monoisotopic (exact) mass is 202 g/mol. The van der Waals surface area contributed by atoms with Crippen LogP contribution < -0.4 is 10.6 Å². The summed E-state index contributed by atoms with van der Waals surface area (Å²) >= 11 is 0. The number of carbonyl (C=O) groups excluding carboxylic acids is 1. The van der Waals surface area contributed by atoms with E-state index in [0.717, 1.165) is 5.57 Å². The summed E-state index contributed by atoms with van der Waals surface area (Å²) in [5.74, 6) is -1.28. The molecule has 0 aliphatic rings. The van der Waals surface area contributed by atoms with Crippen LogP contribution in [0.1, 0.15) is 6.92 Å². The fourth-order valence-corrected chi connectivity index (χ4v) is 0.626. The highest BCUT2D eigenvalue weighted by Crippen LogP contribution is 1.84. The van der Waals surface area contributed by atoms with Gasteiger partial charge in [0.2, 0.25) is 0 Å². The minimum Gasteiger partial charge on any atom is -0.480 e. The molecule has 2 amide bonds. The van der Waals surface area contributed by atoms with Crippen LogP contribution in [0.2, 0.25) is 0 Å². The molecule has 0 rings (SSSR count). The molecule has 4 N–H and O–H groups in total. The van der Waals surface area contributed by atoms with E-state index in [0.29, 0.717) is 0 Å². The molecule has 0 unspecified atom stereocenters. The van der Waals surface area contributed by atoms with Crippen molar-refractivity contribution in [2.75, 3.05) is 13.2 Å². The third kappa shape index (κ3) is 5.15. The fraction of sp³-hybridized carbons (Fsp3) is 0.500. The van der Waals surface area contributed by atoms with E-state index >= 15 is 0 Å². The number of aliphatic carboxylic acids is 1. The van der Waals surface area contributed by atoms with E-state index in [4.69, 9.17) is 10.2 Å². The van der Waals surface area contributed by atoms with Gasteiger partial charge in [0, 0.05) is 6.54 Å². The van der Waals surface area contributed by atoms with Crippen LogP contribution in [0.5, 0.6) is 0 Å². The molecular formula is C8H14N2O4. The molecule has 0 saturated carbocycles. The van der Waals surface area contributed by atoms with Gasteiger partial charge in [0.15, 0.2) is 6.04 Å². The van der Waals surface area contributed by atoms with Gasteiger partial charge in [-0.25, -0.2) is 9.59 Å². The standard InChI is InChI=1S/C8H14N2O4/c1-5(2)3-9-8(14)10-6(4-11)7(12)13/h6,11H,1,3-4H2,2H3,(H,12,13)(H2,9,10,14)/t6-/m0/s1. The number of aliphatic hydroxyl groups is 1. The highest BCUT2D eigenvalue weighted by molar-refractivity contribution is 5.82. The summed E-state index contributed by atoms with van der Waals surface area (Å²) < 4.78 is 0. The van der Waals surface area contributed by atoms with Crippen LogP contribution >= 0.6 is 0 Å². The predicted molar refractivity (Wildman–Crippen MR) is 49.9 cm³/mol. The van der Waals surface area contributed by atoms with Gasteiger partial charge in [-0.15, -0.1) is 0 Å². The lowest BCUT2D eigenvalue weighted by Gasteiger charge is -2.12. The molecule has 1 atom stereocenters. The van der Waals surface area contributed by atoms with Gasteiger partial charge in [-0.2, -0.15) is 0 Å². The van der Waals surface area contributed by atoms with E-state index in [-0.39, 0.29) is 6.54 Å². The first-order chi connectivity index (χ1) is 6.47. The number of carbonyl (C=O) groups is 2. The SMILES string of the molecule is C=C(C)CNC(=O)N[C@@H](CO)C(=O)O. The largest absolute Gasteiger partial charge is 0.480 e. The number of hydrogen-bond donors (Lipinski definition) is 4. The van der Waals surface area contributed by atoms with Crippen LogP contribution in [0.4, 0.5) is 4.79 Å². The Labute approximate surface area is 81.6 Å². The summed E-state index contributed by atoms with van der Waals surface area (Å²) in [4.78, 5) is 21.4. The lowest BCUT2D eigenvalue weighted by Crippen LogP contribution is -2.48. The number of carboxylic acids is 1. The third-order valence-corrected chi connectivity index (χ3v) is 1.34. The van der Waals surface area contributed by atoms with Crippen molar-refractivity contribution >= 4 is 12.0 Å². The zero-order valence-corrected chi connectivity index (χ0v) is 7.91. The lowest BCUT2D eigenvalue weighted by atomic mass is 10.3. The molecule has 0 aliphatic carbocycles. The van der Waals surface area contributed by atoms with Crippen LogP contribution in [0.15, 0.2) is 12.2 Å². The smallest absolute Gasteiger partial charge is 0.328 e. The summed E-state index contributed by atoms with van der Waals surface area (Å²) in [6.07, 6.45) is 0. The van der Waals surface area contributed by atoms with E-state index in [9.17, 15) is 9.59 Å². The van der Waals surface area contributed by atoms with Crippen LogP contribution in [-0.2, 0) is 4.79 Å². The zero-order chi connectivity index (χ0) is 11.1. The quantitative estimate of drug-likeness (QED) is 0.443. The van der Waals surface area contributed by atoms with Crippen molar-refractivity contribution in [3.05, 3.63) is 12.2 Å².